The Morgan fingerprint density at radius 2 is 1.79 bits per heavy atom. The summed E-state index contributed by atoms with van der Waals surface area (Å²) >= 11 is 0. The second-order valence-corrected chi connectivity index (χ2v) is 8.37. The molecule has 0 aliphatic rings. The Morgan fingerprint density at radius 1 is 1.05 bits per heavy atom. The second-order valence-electron chi connectivity index (χ2n) is 8.37. The Balaban J connectivity index is 1.39. The number of benzene rings is 2. The standard InChI is InChI=1S/C27H20F2N6O3/c28-27(29,18-8-7-17(15-36)22(37)13-18)26(38)33-14-16-5-9-19(10-6-16)35-24(20-3-1-11-31-23(20)30)34-21-4-2-12-32-25(21)35/h1-13,15,37H,14H2,(H2,30,31)(H,33,38). The van der Waals surface area contributed by atoms with Crippen LogP contribution >= 0.6 is 0 Å². The predicted molar refractivity (Wildman–Crippen MR) is 136 cm³/mol. The molecule has 5 aromatic rings. The van der Waals surface area contributed by atoms with Crippen LogP contribution in [0.25, 0.3) is 28.2 Å². The third kappa shape index (κ3) is 4.41. The van der Waals surface area contributed by atoms with Gasteiger partial charge in [0.25, 0.3) is 5.91 Å². The summed E-state index contributed by atoms with van der Waals surface area (Å²) in [4.78, 5) is 36.4. The van der Waals surface area contributed by atoms with Crippen molar-refractivity contribution in [2.45, 2.75) is 12.5 Å². The number of hydrogen-bond donors (Lipinski definition) is 3. The molecule has 0 saturated carbocycles. The van der Waals surface area contributed by atoms with E-state index < -0.39 is 23.1 Å². The highest BCUT2D eigenvalue weighted by Gasteiger charge is 2.41. The van der Waals surface area contributed by atoms with E-state index in [4.69, 9.17) is 5.73 Å². The number of carbonyl (C=O) groups excluding carboxylic acids is 2. The normalized spacial score (nSPS) is 11.4. The zero-order chi connectivity index (χ0) is 26.9. The van der Waals surface area contributed by atoms with Gasteiger partial charge in [0, 0.05) is 30.2 Å². The van der Waals surface area contributed by atoms with Crippen LogP contribution in [-0.2, 0) is 17.3 Å². The zero-order valence-electron chi connectivity index (χ0n) is 19.7. The summed E-state index contributed by atoms with van der Waals surface area (Å²) in [6.07, 6.45) is 3.56. The Bertz CT molecular complexity index is 1670. The number of phenolic OH excluding ortho intramolecular Hbond substituents is 1. The number of nitrogen functional groups attached to an aromatic ring is 1. The highest BCUT2D eigenvalue weighted by Crippen LogP contribution is 2.32. The lowest BCUT2D eigenvalue weighted by atomic mass is 10.0. The number of rotatable bonds is 7. The molecular formula is C27H20F2N6O3. The first kappa shape index (κ1) is 24.5. The molecule has 0 saturated heterocycles. The number of hydrogen-bond acceptors (Lipinski definition) is 7. The molecule has 0 aliphatic carbocycles. The van der Waals surface area contributed by atoms with Crippen molar-refractivity contribution >= 4 is 29.2 Å². The number of aromatic nitrogens is 4. The van der Waals surface area contributed by atoms with Crippen LogP contribution in [0.1, 0.15) is 21.5 Å². The van der Waals surface area contributed by atoms with Gasteiger partial charge >= 0.3 is 5.92 Å². The molecule has 0 atom stereocenters. The highest BCUT2D eigenvalue weighted by atomic mass is 19.3. The molecule has 0 fully saturated rings. The van der Waals surface area contributed by atoms with Gasteiger partial charge in [-0.2, -0.15) is 8.78 Å². The van der Waals surface area contributed by atoms with Crippen molar-refractivity contribution in [3.8, 4) is 22.8 Å². The van der Waals surface area contributed by atoms with E-state index in [2.05, 4.69) is 20.3 Å². The molecule has 0 radical (unpaired) electrons. The summed E-state index contributed by atoms with van der Waals surface area (Å²) in [7, 11) is 0. The number of anilines is 1. The molecule has 4 N–H and O–H groups in total. The topological polar surface area (TPSA) is 136 Å². The van der Waals surface area contributed by atoms with Crippen LogP contribution in [0.15, 0.2) is 79.1 Å². The van der Waals surface area contributed by atoms with Crippen LogP contribution in [0.2, 0.25) is 0 Å². The molecule has 0 spiro atoms. The summed E-state index contributed by atoms with van der Waals surface area (Å²) in [5, 5.41) is 11.9. The lowest BCUT2D eigenvalue weighted by molar-refractivity contribution is -0.147. The molecule has 0 aliphatic heterocycles. The summed E-state index contributed by atoms with van der Waals surface area (Å²) in [5.41, 5.74) is 8.34. The van der Waals surface area contributed by atoms with Crippen LogP contribution in [0, 0.1) is 0 Å². The van der Waals surface area contributed by atoms with Gasteiger partial charge in [0.05, 0.1) is 11.1 Å². The fourth-order valence-corrected chi connectivity index (χ4v) is 3.97. The van der Waals surface area contributed by atoms with Gasteiger partial charge in [-0.05, 0) is 54.1 Å². The van der Waals surface area contributed by atoms with Gasteiger partial charge in [-0.25, -0.2) is 15.0 Å². The average Bonchev–Trinajstić information content (AvgIpc) is 3.31. The monoisotopic (exact) mass is 514 g/mol. The second kappa shape index (κ2) is 9.69. The Kier molecular flexibility index (Phi) is 6.25. The molecule has 9 nitrogen and oxygen atoms in total. The predicted octanol–water partition coefficient (Wildman–Crippen LogP) is 3.99. The Labute approximate surface area is 214 Å². The maximum atomic E-state index is 14.7. The van der Waals surface area contributed by atoms with Crippen molar-refractivity contribution in [1.29, 1.82) is 0 Å². The number of nitrogens with one attached hydrogen (secondary N) is 1. The van der Waals surface area contributed by atoms with Gasteiger partial charge in [-0.1, -0.05) is 18.2 Å². The van der Waals surface area contributed by atoms with Crippen molar-refractivity contribution in [3.63, 3.8) is 0 Å². The van der Waals surface area contributed by atoms with Crippen molar-refractivity contribution < 1.29 is 23.5 Å². The Hall–Kier alpha value is -5.19. The van der Waals surface area contributed by atoms with Crippen LogP contribution in [0.4, 0.5) is 14.6 Å². The van der Waals surface area contributed by atoms with Crippen molar-refractivity contribution in [2.75, 3.05) is 5.73 Å². The SMILES string of the molecule is Nc1ncccc1-c1nc2cccnc2n1-c1ccc(CNC(=O)C(F)(F)c2ccc(C=O)c(O)c2)cc1. The molecule has 38 heavy (non-hydrogen) atoms. The van der Waals surface area contributed by atoms with Crippen LogP contribution < -0.4 is 11.1 Å². The third-order valence-electron chi connectivity index (χ3n) is 5.95. The number of carbonyl (C=O) groups is 2. The average molecular weight is 514 g/mol. The number of aldehydes is 1. The van der Waals surface area contributed by atoms with Gasteiger partial charge in [-0.15, -0.1) is 0 Å². The molecule has 3 aromatic heterocycles. The number of pyridine rings is 2. The molecule has 2 aromatic carbocycles. The minimum Gasteiger partial charge on any atom is -0.507 e. The zero-order valence-corrected chi connectivity index (χ0v) is 19.7. The first-order valence-corrected chi connectivity index (χ1v) is 11.4. The van der Waals surface area contributed by atoms with Gasteiger partial charge in [0.15, 0.2) is 17.8 Å². The fraction of sp³-hybridized carbons (Fsp3) is 0.0741. The molecule has 0 unspecified atom stereocenters. The number of nitrogens with zero attached hydrogens (tertiary/aromatic N) is 4. The Morgan fingerprint density at radius 3 is 2.50 bits per heavy atom. The quantitative estimate of drug-likeness (QED) is 0.279. The molecule has 11 heteroatoms. The molecule has 5 rings (SSSR count). The first-order chi connectivity index (χ1) is 18.3. The number of imidazole rings is 1. The van der Waals surface area contributed by atoms with Crippen molar-refractivity contribution in [3.05, 3.63) is 95.8 Å². The minimum absolute atomic E-state index is 0.153. The van der Waals surface area contributed by atoms with Gasteiger partial charge in [0.1, 0.15) is 17.1 Å². The molecule has 190 valence electrons. The van der Waals surface area contributed by atoms with Gasteiger partial charge < -0.3 is 16.2 Å². The van der Waals surface area contributed by atoms with Crippen LogP contribution in [-0.4, -0.2) is 36.8 Å². The summed E-state index contributed by atoms with van der Waals surface area (Å²) in [6, 6.07) is 16.7. The molecule has 1 amide bonds. The maximum Gasteiger partial charge on any atom is 0.349 e. The largest absolute Gasteiger partial charge is 0.507 e. The maximum absolute atomic E-state index is 14.7. The van der Waals surface area contributed by atoms with Gasteiger partial charge in [-0.3, -0.25) is 14.2 Å². The number of alkyl halides is 2. The van der Waals surface area contributed by atoms with Crippen molar-refractivity contribution in [1.82, 2.24) is 24.8 Å². The number of aromatic hydroxyl groups is 1. The van der Waals surface area contributed by atoms with E-state index in [0.29, 0.717) is 52.0 Å². The third-order valence-corrected chi connectivity index (χ3v) is 5.95. The number of phenols is 1. The number of halogens is 2. The van der Waals surface area contributed by atoms with E-state index in [1.165, 1.54) is 0 Å². The van der Waals surface area contributed by atoms with Crippen LogP contribution in [0.5, 0.6) is 5.75 Å². The fourth-order valence-electron chi connectivity index (χ4n) is 3.97. The lowest BCUT2D eigenvalue weighted by Crippen LogP contribution is -2.37. The van der Waals surface area contributed by atoms with E-state index in [9.17, 15) is 23.5 Å². The first-order valence-electron chi connectivity index (χ1n) is 11.4. The summed E-state index contributed by atoms with van der Waals surface area (Å²) in [6.45, 7) is -0.168. The minimum atomic E-state index is -3.92. The molecule has 0 bridgehead atoms. The van der Waals surface area contributed by atoms with E-state index >= 15 is 0 Å². The number of amides is 1. The van der Waals surface area contributed by atoms with Crippen LogP contribution in [0.3, 0.4) is 0 Å². The number of nitrogens with two attached hydrogens (primary N) is 1. The molecule has 3 heterocycles. The van der Waals surface area contributed by atoms with Gasteiger partial charge in [0.2, 0.25) is 0 Å². The highest BCUT2D eigenvalue weighted by molar-refractivity contribution is 5.86. The van der Waals surface area contributed by atoms with E-state index in [0.717, 1.165) is 12.1 Å². The number of fused-ring (bicyclic) bond motifs is 1. The molecular weight excluding hydrogens is 494 g/mol. The van der Waals surface area contributed by atoms with E-state index in [-0.39, 0.29) is 12.1 Å². The van der Waals surface area contributed by atoms with Crippen molar-refractivity contribution in [2.24, 2.45) is 0 Å². The summed E-state index contributed by atoms with van der Waals surface area (Å²) < 4.78 is 31.1. The van der Waals surface area contributed by atoms with E-state index in [1.807, 2.05) is 10.6 Å². The summed E-state index contributed by atoms with van der Waals surface area (Å²) in [5.74, 6) is -5.25. The smallest absolute Gasteiger partial charge is 0.349 e. The van der Waals surface area contributed by atoms with E-state index in [1.54, 1.807) is 54.9 Å². The lowest BCUT2D eigenvalue weighted by Gasteiger charge is -2.17.